The lowest BCUT2D eigenvalue weighted by Gasteiger charge is -2.07. The largest absolute Gasteiger partial charge is 0.389 e. The monoisotopic (exact) mass is 173 g/mol. The van der Waals surface area contributed by atoms with Crippen molar-refractivity contribution >= 4 is 5.91 Å². The third kappa shape index (κ3) is 4.87. The first-order valence-corrected chi connectivity index (χ1v) is 3.79. The van der Waals surface area contributed by atoms with Gasteiger partial charge in [-0.15, -0.1) is 0 Å². The summed E-state index contributed by atoms with van der Waals surface area (Å²) >= 11 is 0. The van der Waals surface area contributed by atoms with E-state index in [1.807, 2.05) is 0 Å². The maximum absolute atomic E-state index is 11.0. The van der Waals surface area contributed by atoms with Crippen molar-refractivity contribution < 1.29 is 15.0 Å². The van der Waals surface area contributed by atoms with Crippen molar-refractivity contribution in [3.8, 4) is 0 Å². The number of nitrogens with one attached hydrogen (secondary N) is 1. The van der Waals surface area contributed by atoms with Crippen LogP contribution in [0.3, 0.4) is 0 Å². The van der Waals surface area contributed by atoms with Gasteiger partial charge in [0.1, 0.15) is 6.23 Å². The van der Waals surface area contributed by atoms with Gasteiger partial charge in [-0.25, -0.2) is 0 Å². The Hall–Kier alpha value is -0.870. The van der Waals surface area contributed by atoms with Crippen LogP contribution in [0.2, 0.25) is 0 Å². The first kappa shape index (κ1) is 11.1. The van der Waals surface area contributed by atoms with E-state index in [1.165, 1.54) is 13.0 Å². The Bertz CT molecular complexity index is 185. The number of carbonyl (C=O) groups excluding carboxylic acids is 1. The number of carbonyl (C=O) groups is 1. The number of hydrogen-bond acceptors (Lipinski definition) is 3. The van der Waals surface area contributed by atoms with E-state index in [-0.39, 0.29) is 5.91 Å². The molecule has 0 rings (SSSR count). The Morgan fingerprint density at radius 3 is 2.25 bits per heavy atom. The highest BCUT2D eigenvalue weighted by atomic mass is 16.3. The molecular weight excluding hydrogens is 158 g/mol. The summed E-state index contributed by atoms with van der Waals surface area (Å²) in [4.78, 5) is 11.0. The standard InChI is InChI=1S/C8H15NO3/c1-5(4-6(2)10)8(12)9-7(3)11/h4,6-7,10-11H,1-3H3,(H,9,12)/b5-4+. The van der Waals surface area contributed by atoms with E-state index >= 15 is 0 Å². The Labute approximate surface area is 71.9 Å². The summed E-state index contributed by atoms with van der Waals surface area (Å²) in [6.07, 6.45) is -0.0999. The molecule has 0 aromatic heterocycles. The summed E-state index contributed by atoms with van der Waals surface area (Å²) in [5, 5.41) is 20.0. The van der Waals surface area contributed by atoms with Gasteiger partial charge < -0.3 is 15.5 Å². The predicted octanol–water partition coefficient (Wildman–Crippen LogP) is -0.232. The van der Waals surface area contributed by atoms with Crippen LogP contribution in [0.15, 0.2) is 11.6 Å². The molecule has 0 aliphatic heterocycles. The van der Waals surface area contributed by atoms with Crippen LogP contribution in [0.25, 0.3) is 0 Å². The Kier molecular flexibility index (Phi) is 4.54. The van der Waals surface area contributed by atoms with Crippen LogP contribution in [0.1, 0.15) is 20.8 Å². The summed E-state index contributed by atoms with van der Waals surface area (Å²) in [5.41, 5.74) is 0.394. The number of aliphatic hydroxyl groups excluding tert-OH is 2. The van der Waals surface area contributed by atoms with Crippen LogP contribution in [-0.2, 0) is 4.79 Å². The maximum atomic E-state index is 11.0. The van der Waals surface area contributed by atoms with E-state index in [4.69, 9.17) is 10.2 Å². The normalized spacial score (nSPS) is 16.9. The molecule has 2 atom stereocenters. The molecule has 70 valence electrons. The van der Waals surface area contributed by atoms with Crippen molar-refractivity contribution in [2.24, 2.45) is 0 Å². The number of rotatable bonds is 3. The zero-order valence-corrected chi connectivity index (χ0v) is 7.53. The molecule has 2 unspecified atom stereocenters. The Morgan fingerprint density at radius 2 is 1.92 bits per heavy atom. The van der Waals surface area contributed by atoms with Gasteiger partial charge in [0.25, 0.3) is 0 Å². The summed E-state index contributed by atoms with van der Waals surface area (Å²) in [6.45, 7) is 4.58. The van der Waals surface area contributed by atoms with Gasteiger partial charge in [0.2, 0.25) is 5.91 Å². The molecule has 3 N–H and O–H groups in total. The highest BCUT2D eigenvalue weighted by Crippen LogP contribution is 1.95. The van der Waals surface area contributed by atoms with Gasteiger partial charge in [-0.3, -0.25) is 4.79 Å². The van der Waals surface area contributed by atoms with Gasteiger partial charge in [0, 0.05) is 5.57 Å². The second-order valence-electron chi connectivity index (χ2n) is 2.74. The number of aliphatic hydroxyl groups is 2. The molecule has 0 spiro atoms. The summed E-state index contributed by atoms with van der Waals surface area (Å²) in [6, 6.07) is 0. The highest BCUT2D eigenvalue weighted by Gasteiger charge is 2.06. The molecule has 0 aliphatic carbocycles. The average molecular weight is 173 g/mol. The minimum Gasteiger partial charge on any atom is -0.389 e. The van der Waals surface area contributed by atoms with Crippen LogP contribution in [0.4, 0.5) is 0 Å². The Morgan fingerprint density at radius 1 is 1.42 bits per heavy atom. The molecule has 0 radical (unpaired) electrons. The lowest BCUT2D eigenvalue weighted by Crippen LogP contribution is -2.32. The quantitative estimate of drug-likeness (QED) is 0.408. The van der Waals surface area contributed by atoms with E-state index in [0.717, 1.165) is 0 Å². The van der Waals surface area contributed by atoms with Crippen LogP contribution in [-0.4, -0.2) is 28.5 Å². The average Bonchev–Trinajstić information content (AvgIpc) is 1.84. The fourth-order valence-corrected chi connectivity index (χ4v) is 0.741. The zero-order valence-electron chi connectivity index (χ0n) is 7.53. The molecule has 0 aromatic carbocycles. The minimum atomic E-state index is -0.866. The van der Waals surface area contributed by atoms with E-state index in [0.29, 0.717) is 5.57 Å². The molecule has 12 heavy (non-hydrogen) atoms. The van der Waals surface area contributed by atoms with E-state index in [2.05, 4.69) is 5.32 Å². The molecule has 0 bridgehead atoms. The molecule has 4 nitrogen and oxygen atoms in total. The summed E-state index contributed by atoms with van der Waals surface area (Å²) in [5.74, 6) is -0.370. The van der Waals surface area contributed by atoms with Crippen molar-refractivity contribution in [1.29, 1.82) is 0 Å². The van der Waals surface area contributed by atoms with Gasteiger partial charge in [0.15, 0.2) is 0 Å². The number of amides is 1. The molecule has 0 saturated heterocycles. The van der Waals surface area contributed by atoms with Crippen molar-refractivity contribution in [3.63, 3.8) is 0 Å². The van der Waals surface area contributed by atoms with Crippen molar-refractivity contribution in [2.45, 2.75) is 33.1 Å². The first-order valence-electron chi connectivity index (χ1n) is 3.79. The topological polar surface area (TPSA) is 69.6 Å². The molecule has 0 fully saturated rings. The van der Waals surface area contributed by atoms with Gasteiger partial charge in [0.05, 0.1) is 6.10 Å². The second-order valence-corrected chi connectivity index (χ2v) is 2.74. The van der Waals surface area contributed by atoms with Crippen LogP contribution >= 0.6 is 0 Å². The van der Waals surface area contributed by atoms with E-state index in [9.17, 15) is 4.79 Å². The molecular formula is C8H15NO3. The fourth-order valence-electron chi connectivity index (χ4n) is 0.741. The van der Waals surface area contributed by atoms with Crippen LogP contribution in [0.5, 0.6) is 0 Å². The lowest BCUT2D eigenvalue weighted by atomic mass is 10.2. The molecule has 0 aliphatic rings. The van der Waals surface area contributed by atoms with Gasteiger partial charge >= 0.3 is 0 Å². The molecule has 1 amide bonds. The van der Waals surface area contributed by atoms with Gasteiger partial charge in [-0.1, -0.05) is 0 Å². The van der Waals surface area contributed by atoms with E-state index < -0.39 is 12.3 Å². The van der Waals surface area contributed by atoms with Gasteiger partial charge in [-0.05, 0) is 26.8 Å². The zero-order chi connectivity index (χ0) is 9.72. The third-order valence-electron chi connectivity index (χ3n) is 1.19. The van der Waals surface area contributed by atoms with Crippen LogP contribution < -0.4 is 5.32 Å². The first-order chi connectivity index (χ1) is 5.43. The lowest BCUT2D eigenvalue weighted by molar-refractivity contribution is -0.120. The predicted molar refractivity (Wildman–Crippen MR) is 45.3 cm³/mol. The summed E-state index contributed by atoms with van der Waals surface area (Å²) in [7, 11) is 0. The molecule has 0 aromatic rings. The molecule has 0 saturated carbocycles. The van der Waals surface area contributed by atoms with Crippen LogP contribution in [0, 0.1) is 0 Å². The van der Waals surface area contributed by atoms with Crippen molar-refractivity contribution in [3.05, 3.63) is 11.6 Å². The molecule has 4 heteroatoms. The Balaban J connectivity index is 4.10. The smallest absolute Gasteiger partial charge is 0.248 e. The van der Waals surface area contributed by atoms with Gasteiger partial charge in [-0.2, -0.15) is 0 Å². The van der Waals surface area contributed by atoms with Crippen molar-refractivity contribution in [2.75, 3.05) is 0 Å². The minimum absolute atomic E-state index is 0.370. The second kappa shape index (κ2) is 4.90. The molecule has 0 heterocycles. The summed E-state index contributed by atoms with van der Waals surface area (Å²) < 4.78 is 0. The number of hydrogen-bond donors (Lipinski definition) is 3. The third-order valence-corrected chi connectivity index (χ3v) is 1.19. The maximum Gasteiger partial charge on any atom is 0.248 e. The highest BCUT2D eigenvalue weighted by molar-refractivity contribution is 5.92. The fraction of sp³-hybridized carbons (Fsp3) is 0.625. The van der Waals surface area contributed by atoms with Crippen molar-refractivity contribution in [1.82, 2.24) is 5.32 Å². The SMILES string of the molecule is C/C(=C\C(C)O)C(=O)NC(C)O. The van der Waals surface area contributed by atoms with E-state index in [1.54, 1.807) is 13.8 Å².